The second-order valence-electron chi connectivity index (χ2n) is 8.26. The van der Waals surface area contributed by atoms with Crippen molar-refractivity contribution in [2.75, 3.05) is 7.11 Å². The van der Waals surface area contributed by atoms with Gasteiger partial charge in [0.15, 0.2) is 23.8 Å². The van der Waals surface area contributed by atoms with E-state index in [0.717, 1.165) is 5.56 Å². The Morgan fingerprint density at radius 2 is 1.21 bits per heavy atom. The van der Waals surface area contributed by atoms with Crippen molar-refractivity contribution >= 4 is 19.7 Å². The van der Waals surface area contributed by atoms with Gasteiger partial charge in [-0.15, -0.1) is 0 Å². The second-order valence-corrected chi connectivity index (χ2v) is 13.0. The van der Waals surface area contributed by atoms with E-state index in [9.17, 15) is 16.8 Å². The summed E-state index contributed by atoms with van der Waals surface area (Å²) in [7, 11) is -7.06. The maximum absolute atomic E-state index is 14.1. The van der Waals surface area contributed by atoms with Gasteiger partial charge in [0, 0.05) is 19.4 Å². The third-order valence-electron chi connectivity index (χ3n) is 6.39. The molecule has 4 rings (SSSR count). The Morgan fingerprint density at radius 3 is 1.64 bits per heavy atom. The lowest BCUT2D eigenvalue weighted by atomic mass is 9.92. The van der Waals surface area contributed by atoms with Gasteiger partial charge in [-0.25, -0.2) is 16.8 Å². The van der Waals surface area contributed by atoms with Crippen LogP contribution < -0.4 is 0 Å². The Balaban J connectivity index is 1.91. The van der Waals surface area contributed by atoms with Crippen molar-refractivity contribution in [1.82, 2.24) is 0 Å². The molecule has 7 heteroatoms. The molecule has 172 valence electrons. The van der Waals surface area contributed by atoms with Gasteiger partial charge in [0.2, 0.25) is 0 Å². The highest BCUT2D eigenvalue weighted by Gasteiger charge is 2.62. The fraction of sp³-hybridized carbons (Fsp3) is 0.231. The number of sulfone groups is 2. The highest BCUT2D eigenvalue weighted by molar-refractivity contribution is 8.10. The summed E-state index contributed by atoms with van der Waals surface area (Å²) < 4.78 is 59.9. The lowest BCUT2D eigenvalue weighted by molar-refractivity contribution is 0.0660. The molecule has 3 aromatic carbocycles. The van der Waals surface area contributed by atoms with E-state index in [1.165, 1.54) is 24.3 Å². The van der Waals surface area contributed by atoms with E-state index >= 15 is 0 Å². The Hall–Kier alpha value is -2.74. The minimum Gasteiger partial charge on any atom is -0.376 e. The van der Waals surface area contributed by atoms with Crippen molar-refractivity contribution in [3.63, 3.8) is 0 Å². The first kappa shape index (κ1) is 23.4. The summed E-state index contributed by atoms with van der Waals surface area (Å²) >= 11 is 0. The van der Waals surface area contributed by atoms with E-state index in [1.807, 2.05) is 30.3 Å². The third kappa shape index (κ3) is 3.84. The van der Waals surface area contributed by atoms with Crippen LogP contribution in [0.25, 0.3) is 0 Å². The molecule has 1 fully saturated rings. The number of hydrogen-bond donors (Lipinski definition) is 0. The van der Waals surface area contributed by atoms with Crippen LogP contribution in [0.5, 0.6) is 0 Å². The highest BCUT2D eigenvalue weighted by Crippen LogP contribution is 2.54. The number of ether oxygens (including phenoxy) is 1. The van der Waals surface area contributed by atoms with Crippen molar-refractivity contribution in [1.29, 1.82) is 0 Å². The molecule has 3 aromatic rings. The lowest BCUT2D eigenvalue weighted by Crippen LogP contribution is -2.44. The molecule has 0 bridgehead atoms. The molecule has 1 saturated carbocycles. The summed E-state index contributed by atoms with van der Waals surface area (Å²) in [5.41, 5.74) is 1.39. The maximum Gasteiger partial charge on any atom is 0.199 e. The van der Waals surface area contributed by atoms with Crippen molar-refractivity contribution < 1.29 is 21.6 Å². The minimum absolute atomic E-state index is 0.0216. The van der Waals surface area contributed by atoms with E-state index in [1.54, 1.807) is 43.5 Å². The predicted octanol–water partition coefficient (Wildman–Crippen LogP) is 4.98. The number of benzene rings is 3. The summed E-state index contributed by atoms with van der Waals surface area (Å²) in [6.07, 6.45) is -0.857. The quantitative estimate of drug-likeness (QED) is 0.444. The fourth-order valence-corrected chi connectivity index (χ4v) is 9.88. The molecular weight excluding hydrogens is 456 g/mol. The van der Waals surface area contributed by atoms with Gasteiger partial charge in [0.1, 0.15) is 0 Å². The SMILES string of the molecule is C=C1CC(S(=O)(=O)c2ccccc2)(S(=O)(=O)c2ccccc2)C[C@@H]1[C@@H](OC)c1ccccc1. The molecule has 0 aliphatic heterocycles. The van der Waals surface area contributed by atoms with Crippen molar-refractivity contribution in [3.8, 4) is 0 Å². The second kappa shape index (κ2) is 8.89. The minimum atomic E-state index is -4.30. The van der Waals surface area contributed by atoms with E-state index in [4.69, 9.17) is 4.74 Å². The first-order chi connectivity index (χ1) is 15.7. The zero-order valence-electron chi connectivity index (χ0n) is 18.3. The van der Waals surface area contributed by atoms with Crippen molar-refractivity contribution in [3.05, 3.63) is 109 Å². The van der Waals surface area contributed by atoms with E-state index in [0.29, 0.717) is 5.57 Å². The molecule has 0 aromatic heterocycles. The van der Waals surface area contributed by atoms with Crippen molar-refractivity contribution in [2.45, 2.75) is 32.8 Å². The van der Waals surface area contributed by atoms with Crippen LogP contribution in [-0.4, -0.2) is 28.0 Å². The normalized spacial score (nSPS) is 19.3. The smallest absolute Gasteiger partial charge is 0.199 e. The van der Waals surface area contributed by atoms with Gasteiger partial charge in [0.05, 0.1) is 15.9 Å². The Kier molecular flexibility index (Phi) is 6.31. The highest BCUT2D eigenvalue weighted by atomic mass is 32.3. The zero-order valence-corrected chi connectivity index (χ0v) is 19.9. The molecule has 0 unspecified atom stereocenters. The van der Waals surface area contributed by atoms with Crippen LogP contribution in [-0.2, 0) is 24.4 Å². The molecule has 5 nitrogen and oxygen atoms in total. The molecule has 33 heavy (non-hydrogen) atoms. The first-order valence-electron chi connectivity index (χ1n) is 10.6. The Morgan fingerprint density at radius 1 is 0.788 bits per heavy atom. The van der Waals surface area contributed by atoms with Gasteiger partial charge in [-0.05, 0) is 36.2 Å². The number of hydrogen-bond acceptors (Lipinski definition) is 5. The molecule has 1 aliphatic carbocycles. The van der Waals surface area contributed by atoms with Gasteiger partial charge in [-0.3, -0.25) is 0 Å². The van der Waals surface area contributed by atoms with Gasteiger partial charge >= 0.3 is 0 Å². The largest absolute Gasteiger partial charge is 0.376 e. The van der Waals surface area contributed by atoms with E-state index in [2.05, 4.69) is 6.58 Å². The van der Waals surface area contributed by atoms with Crippen LogP contribution in [0.4, 0.5) is 0 Å². The van der Waals surface area contributed by atoms with Crippen molar-refractivity contribution in [2.24, 2.45) is 5.92 Å². The standard InChI is InChI=1S/C26H26O5S2/c1-20-18-26(32(27,28)22-14-8-4-9-15-22,33(29,30)23-16-10-5-11-17-23)19-24(20)25(31-2)21-12-6-3-7-13-21/h3-17,24-25H,1,18-19H2,2H3/t24-,25-/m0/s1. The predicted molar refractivity (Wildman–Crippen MR) is 128 cm³/mol. The number of methoxy groups -OCH3 is 1. The molecule has 0 radical (unpaired) electrons. The summed E-state index contributed by atoms with van der Waals surface area (Å²) in [5, 5.41) is 0. The molecule has 2 atom stereocenters. The monoisotopic (exact) mass is 482 g/mol. The number of rotatable bonds is 7. The van der Waals surface area contributed by atoms with Gasteiger partial charge in [-0.1, -0.05) is 78.9 Å². The lowest BCUT2D eigenvalue weighted by Gasteiger charge is -2.30. The molecule has 0 amide bonds. The van der Waals surface area contributed by atoms with E-state index in [-0.39, 0.29) is 22.6 Å². The third-order valence-corrected chi connectivity index (χ3v) is 12.1. The Labute approximate surface area is 195 Å². The summed E-state index contributed by atoms with van der Waals surface area (Å²) in [6.45, 7) is 4.13. The van der Waals surface area contributed by atoms with Crippen LogP contribution in [0.15, 0.2) is 113 Å². The molecule has 0 heterocycles. The summed E-state index contributed by atoms with van der Waals surface area (Å²) in [4.78, 5) is -0.0433. The summed E-state index contributed by atoms with van der Waals surface area (Å²) in [5.74, 6) is -0.491. The van der Waals surface area contributed by atoms with E-state index < -0.39 is 35.8 Å². The first-order valence-corrected chi connectivity index (χ1v) is 13.6. The topological polar surface area (TPSA) is 77.5 Å². The fourth-order valence-electron chi connectivity index (χ4n) is 4.71. The molecule has 1 aliphatic rings. The van der Waals surface area contributed by atoms with Crippen LogP contribution >= 0.6 is 0 Å². The van der Waals surface area contributed by atoms with Gasteiger partial charge in [-0.2, -0.15) is 0 Å². The average molecular weight is 483 g/mol. The molecule has 0 N–H and O–H groups in total. The summed E-state index contributed by atoms with van der Waals surface area (Å²) in [6, 6.07) is 24.9. The van der Waals surface area contributed by atoms with Crippen LogP contribution in [0.2, 0.25) is 0 Å². The molecule has 0 spiro atoms. The maximum atomic E-state index is 14.1. The van der Waals surface area contributed by atoms with Crippen LogP contribution in [0.3, 0.4) is 0 Å². The Bertz CT molecular complexity index is 1260. The van der Waals surface area contributed by atoms with Gasteiger partial charge in [0.25, 0.3) is 0 Å². The molecular formula is C26H26O5S2. The zero-order chi connectivity index (χ0) is 23.7. The average Bonchev–Trinajstić information content (AvgIpc) is 3.21. The van der Waals surface area contributed by atoms with Crippen LogP contribution in [0, 0.1) is 5.92 Å². The van der Waals surface area contributed by atoms with Gasteiger partial charge < -0.3 is 4.74 Å². The molecule has 0 saturated heterocycles. The van der Waals surface area contributed by atoms with Crippen LogP contribution in [0.1, 0.15) is 24.5 Å².